The number of aliphatic hydroxyl groups is 1. The van der Waals surface area contributed by atoms with E-state index in [1.54, 1.807) is 37.0 Å². The van der Waals surface area contributed by atoms with Crippen molar-refractivity contribution in [3.8, 4) is 0 Å². The number of aryl methyl sites for hydroxylation is 1. The Labute approximate surface area is 89.0 Å². The molecule has 0 radical (unpaired) electrons. The summed E-state index contributed by atoms with van der Waals surface area (Å²) in [5, 5.41) is 9.49. The van der Waals surface area contributed by atoms with Crippen LogP contribution >= 0.6 is 0 Å². The molecule has 1 N–H and O–H groups in total. The first-order chi connectivity index (χ1) is 6.81. The molecule has 1 aliphatic rings. The Morgan fingerprint density at radius 2 is 2.07 bits per heavy atom. The summed E-state index contributed by atoms with van der Waals surface area (Å²) in [6.45, 7) is 1.97. The van der Waals surface area contributed by atoms with Crippen LogP contribution in [0.15, 0.2) is 23.4 Å². The zero-order valence-electron chi connectivity index (χ0n) is 8.71. The first kappa shape index (κ1) is 10.7. The average Bonchev–Trinajstić information content (AvgIpc) is 2.48. The molecule has 84 valence electrons. The number of sulfonamides is 1. The molecule has 0 spiro atoms. The molecule has 0 unspecified atom stereocenters. The lowest BCUT2D eigenvalue weighted by Gasteiger charge is -2.42. The zero-order chi connectivity index (χ0) is 11.3. The highest BCUT2D eigenvalue weighted by atomic mass is 32.2. The van der Waals surface area contributed by atoms with Crippen LogP contribution in [-0.4, -0.2) is 41.1 Å². The topological polar surface area (TPSA) is 62.5 Å². The Hall–Kier alpha value is -0.850. The van der Waals surface area contributed by atoms with Crippen molar-refractivity contribution in [3.05, 3.63) is 18.5 Å². The molecule has 5 nitrogen and oxygen atoms in total. The monoisotopic (exact) mass is 230 g/mol. The number of rotatable bonds is 2. The van der Waals surface area contributed by atoms with Gasteiger partial charge in [-0.15, -0.1) is 0 Å². The van der Waals surface area contributed by atoms with Crippen molar-refractivity contribution in [1.29, 1.82) is 0 Å². The van der Waals surface area contributed by atoms with E-state index in [9.17, 15) is 13.5 Å². The summed E-state index contributed by atoms with van der Waals surface area (Å²) < 4.78 is 26.8. The molecule has 0 aromatic carbocycles. The molecule has 0 aliphatic carbocycles. The van der Waals surface area contributed by atoms with Gasteiger partial charge in [-0.3, -0.25) is 0 Å². The molecule has 0 atom stereocenters. The van der Waals surface area contributed by atoms with Gasteiger partial charge in [0.25, 0.3) is 0 Å². The molecule has 1 saturated heterocycles. The Kier molecular flexibility index (Phi) is 2.18. The van der Waals surface area contributed by atoms with Crippen LogP contribution in [0.5, 0.6) is 0 Å². The standard InChI is InChI=1S/C9H14N2O3S/c1-9(12)6-11(7-9)15(13,14)8-3-4-10(2)5-8/h3-5,12H,6-7H2,1-2H3. The van der Waals surface area contributed by atoms with E-state index >= 15 is 0 Å². The predicted octanol–water partition coefficient (Wildman–Crippen LogP) is -0.220. The van der Waals surface area contributed by atoms with E-state index in [1.165, 1.54) is 4.31 Å². The highest BCUT2D eigenvalue weighted by molar-refractivity contribution is 7.89. The molecule has 0 saturated carbocycles. The van der Waals surface area contributed by atoms with Gasteiger partial charge in [0.05, 0.1) is 10.5 Å². The SMILES string of the molecule is Cn1ccc(S(=O)(=O)N2CC(C)(O)C2)c1. The van der Waals surface area contributed by atoms with Crippen molar-refractivity contribution >= 4 is 10.0 Å². The molecular formula is C9H14N2O3S. The van der Waals surface area contributed by atoms with Crippen molar-refractivity contribution in [1.82, 2.24) is 8.87 Å². The van der Waals surface area contributed by atoms with E-state index in [4.69, 9.17) is 0 Å². The van der Waals surface area contributed by atoms with Crippen LogP contribution in [0.25, 0.3) is 0 Å². The third-order valence-electron chi connectivity index (χ3n) is 2.48. The predicted molar refractivity (Wildman–Crippen MR) is 54.8 cm³/mol. The van der Waals surface area contributed by atoms with Crippen molar-refractivity contribution < 1.29 is 13.5 Å². The summed E-state index contributed by atoms with van der Waals surface area (Å²) in [4.78, 5) is 0.278. The lowest BCUT2D eigenvalue weighted by Crippen LogP contribution is -2.61. The van der Waals surface area contributed by atoms with E-state index in [0.29, 0.717) is 0 Å². The third kappa shape index (κ3) is 1.80. The summed E-state index contributed by atoms with van der Waals surface area (Å²) in [6.07, 6.45) is 3.24. The Balaban J connectivity index is 2.23. The van der Waals surface area contributed by atoms with Gasteiger partial charge in [0.15, 0.2) is 0 Å². The quantitative estimate of drug-likeness (QED) is 0.764. The van der Waals surface area contributed by atoms with Crippen molar-refractivity contribution in [2.75, 3.05) is 13.1 Å². The number of β-amino-alcohol motifs (C(OH)–C–C–N with tert-alkyl or cyclic N) is 1. The normalized spacial score (nSPS) is 21.3. The van der Waals surface area contributed by atoms with E-state index < -0.39 is 15.6 Å². The second kappa shape index (κ2) is 3.07. The van der Waals surface area contributed by atoms with Crippen LogP contribution in [0.4, 0.5) is 0 Å². The molecule has 2 rings (SSSR count). The van der Waals surface area contributed by atoms with Gasteiger partial charge in [-0.05, 0) is 13.0 Å². The van der Waals surface area contributed by atoms with E-state index in [1.807, 2.05) is 0 Å². The summed E-state index contributed by atoms with van der Waals surface area (Å²) in [6, 6.07) is 1.56. The van der Waals surface area contributed by atoms with E-state index in [0.717, 1.165) is 0 Å². The van der Waals surface area contributed by atoms with Gasteiger partial charge in [-0.2, -0.15) is 4.31 Å². The second-order valence-corrected chi connectivity index (χ2v) is 6.22. The number of nitrogens with zero attached hydrogens (tertiary/aromatic N) is 2. The minimum Gasteiger partial charge on any atom is -0.387 e. The number of hydrogen-bond acceptors (Lipinski definition) is 3. The molecule has 1 aliphatic heterocycles. The largest absolute Gasteiger partial charge is 0.387 e. The summed E-state index contributed by atoms with van der Waals surface area (Å²) >= 11 is 0. The van der Waals surface area contributed by atoms with Crippen LogP contribution in [0.1, 0.15) is 6.92 Å². The lowest BCUT2D eigenvalue weighted by atomic mass is 10.0. The van der Waals surface area contributed by atoms with Gasteiger partial charge in [0, 0.05) is 32.5 Å². The van der Waals surface area contributed by atoms with E-state index in [-0.39, 0.29) is 18.0 Å². The fourth-order valence-electron chi connectivity index (χ4n) is 1.66. The van der Waals surface area contributed by atoms with Crippen molar-refractivity contribution in [2.45, 2.75) is 17.4 Å². The van der Waals surface area contributed by atoms with Crippen LogP contribution < -0.4 is 0 Å². The second-order valence-electron chi connectivity index (χ2n) is 4.28. The maximum Gasteiger partial charge on any atom is 0.244 e. The maximum atomic E-state index is 11.9. The molecule has 0 bridgehead atoms. The molecule has 6 heteroatoms. The van der Waals surface area contributed by atoms with Crippen molar-refractivity contribution in [3.63, 3.8) is 0 Å². The first-order valence-corrected chi connectivity index (χ1v) is 6.10. The molecule has 1 fully saturated rings. The summed E-state index contributed by atoms with van der Waals surface area (Å²) in [5.41, 5.74) is -0.873. The minimum atomic E-state index is -3.40. The molecular weight excluding hydrogens is 216 g/mol. The molecule has 0 amide bonds. The fourth-order valence-corrected chi connectivity index (χ4v) is 3.39. The minimum absolute atomic E-state index is 0.171. The highest BCUT2D eigenvalue weighted by Crippen LogP contribution is 2.27. The van der Waals surface area contributed by atoms with Gasteiger partial charge in [0.1, 0.15) is 0 Å². The molecule has 2 heterocycles. The first-order valence-electron chi connectivity index (χ1n) is 4.66. The average molecular weight is 230 g/mol. The maximum absolute atomic E-state index is 11.9. The number of aromatic nitrogens is 1. The molecule has 1 aromatic heterocycles. The molecule has 15 heavy (non-hydrogen) atoms. The van der Waals surface area contributed by atoms with Gasteiger partial charge in [-0.25, -0.2) is 8.42 Å². The van der Waals surface area contributed by atoms with Gasteiger partial charge < -0.3 is 9.67 Å². The fraction of sp³-hybridized carbons (Fsp3) is 0.556. The van der Waals surface area contributed by atoms with Gasteiger partial charge in [0.2, 0.25) is 10.0 Å². The zero-order valence-corrected chi connectivity index (χ0v) is 9.53. The molecule has 1 aromatic rings. The van der Waals surface area contributed by atoms with Gasteiger partial charge in [-0.1, -0.05) is 0 Å². The summed E-state index contributed by atoms with van der Waals surface area (Å²) in [7, 11) is -1.63. The van der Waals surface area contributed by atoms with Crippen molar-refractivity contribution in [2.24, 2.45) is 7.05 Å². The Bertz CT molecular complexity index is 467. The van der Waals surface area contributed by atoms with Gasteiger partial charge >= 0.3 is 0 Å². The van der Waals surface area contributed by atoms with Crippen LogP contribution in [0.3, 0.4) is 0 Å². The van der Waals surface area contributed by atoms with Crippen LogP contribution in [-0.2, 0) is 17.1 Å². The highest BCUT2D eigenvalue weighted by Gasteiger charge is 2.43. The van der Waals surface area contributed by atoms with Crippen LogP contribution in [0.2, 0.25) is 0 Å². The Morgan fingerprint density at radius 3 is 2.47 bits per heavy atom. The Morgan fingerprint density at radius 1 is 1.47 bits per heavy atom. The van der Waals surface area contributed by atoms with Crippen LogP contribution in [0, 0.1) is 0 Å². The smallest absolute Gasteiger partial charge is 0.244 e. The van der Waals surface area contributed by atoms with E-state index in [2.05, 4.69) is 0 Å². The lowest BCUT2D eigenvalue weighted by molar-refractivity contribution is -0.0426. The summed E-state index contributed by atoms with van der Waals surface area (Å²) in [5.74, 6) is 0. The number of hydrogen-bond donors (Lipinski definition) is 1. The third-order valence-corrected chi connectivity index (χ3v) is 4.25.